The maximum atomic E-state index is 11.2. The Kier molecular flexibility index (Phi) is 3.61. The number of anilines is 1. The van der Waals surface area contributed by atoms with Gasteiger partial charge < -0.3 is 10.2 Å². The SMILES string of the molecule is CC1CN(c2ccc(S(N)(=O)=O)cc2)C(C)CN1. The molecule has 1 fully saturated rings. The van der Waals surface area contributed by atoms with Crippen molar-refractivity contribution in [3.05, 3.63) is 24.3 Å². The number of benzene rings is 1. The number of hydrogen-bond donors (Lipinski definition) is 2. The summed E-state index contributed by atoms with van der Waals surface area (Å²) in [6.07, 6.45) is 0. The van der Waals surface area contributed by atoms with Gasteiger partial charge >= 0.3 is 0 Å². The Morgan fingerprint density at radius 1 is 1.28 bits per heavy atom. The summed E-state index contributed by atoms with van der Waals surface area (Å²) < 4.78 is 22.4. The zero-order chi connectivity index (χ0) is 13.3. The van der Waals surface area contributed by atoms with Crippen molar-refractivity contribution in [1.82, 2.24) is 5.32 Å². The lowest BCUT2D eigenvalue weighted by atomic mass is 10.1. The van der Waals surface area contributed by atoms with Crippen LogP contribution in [0.3, 0.4) is 0 Å². The fourth-order valence-corrected chi connectivity index (χ4v) is 2.72. The van der Waals surface area contributed by atoms with E-state index in [4.69, 9.17) is 5.14 Å². The van der Waals surface area contributed by atoms with Gasteiger partial charge in [-0.05, 0) is 38.1 Å². The van der Waals surface area contributed by atoms with E-state index in [2.05, 4.69) is 24.1 Å². The first-order chi connectivity index (χ1) is 8.38. The first-order valence-corrected chi connectivity index (χ1v) is 7.55. The topological polar surface area (TPSA) is 75.4 Å². The predicted molar refractivity (Wildman–Crippen MR) is 72.1 cm³/mol. The number of nitrogens with two attached hydrogens (primary N) is 1. The van der Waals surface area contributed by atoms with Crippen LogP contribution in [0.15, 0.2) is 29.2 Å². The number of nitrogens with zero attached hydrogens (tertiary/aromatic N) is 1. The van der Waals surface area contributed by atoms with Crippen LogP contribution >= 0.6 is 0 Å². The summed E-state index contributed by atoms with van der Waals surface area (Å²) in [5, 5.41) is 8.49. The molecule has 0 bridgehead atoms. The van der Waals surface area contributed by atoms with Gasteiger partial charge in [-0.3, -0.25) is 0 Å². The minimum Gasteiger partial charge on any atom is -0.366 e. The molecule has 100 valence electrons. The zero-order valence-corrected chi connectivity index (χ0v) is 11.4. The molecule has 1 aromatic rings. The van der Waals surface area contributed by atoms with Crippen LogP contribution in [0.5, 0.6) is 0 Å². The van der Waals surface area contributed by atoms with Crippen LogP contribution in [-0.2, 0) is 10.0 Å². The monoisotopic (exact) mass is 269 g/mol. The van der Waals surface area contributed by atoms with Crippen LogP contribution < -0.4 is 15.4 Å². The quantitative estimate of drug-likeness (QED) is 0.821. The highest BCUT2D eigenvalue weighted by Gasteiger charge is 2.22. The van der Waals surface area contributed by atoms with Gasteiger partial charge in [0, 0.05) is 30.9 Å². The Labute approximate surface area is 108 Å². The number of nitrogens with one attached hydrogen (secondary N) is 1. The average Bonchev–Trinajstić information content (AvgIpc) is 2.31. The largest absolute Gasteiger partial charge is 0.366 e. The highest BCUT2D eigenvalue weighted by atomic mass is 32.2. The van der Waals surface area contributed by atoms with Crippen LogP contribution in [0, 0.1) is 0 Å². The van der Waals surface area contributed by atoms with Crippen LogP contribution in [0.25, 0.3) is 0 Å². The molecule has 3 N–H and O–H groups in total. The molecule has 0 aliphatic carbocycles. The fourth-order valence-electron chi connectivity index (χ4n) is 2.21. The molecule has 0 saturated carbocycles. The molecule has 0 amide bonds. The molecule has 2 rings (SSSR count). The van der Waals surface area contributed by atoms with Crippen molar-refractivity contribution in [2.45, 2.75) is 30.8 Å². The summed E-state index contributed by atoms with van der Waals surface area (Å²) in [7, 11) is -3.61. The summed E-state index contributed by atoms with van der Waals surface area (Å²) >= 11 is 0. The predicted octanol–water partition coefficient (Wildman–Crippen LogP) is 0.521. The molecule has 0 radical (unpaired) electrons. The van der Waals surface area contributed by atoms with E-state index in [1.165, 1.54) is 0 Å². The van der Waals surface area contributed by atoms with Crippen molar-refractivity contribution in [3.8, 4) is 0 Å². The maximum Gasteiger partial charge on any atom is 0.238 e. The Balaban J connectivity index is 2.23. The van der Waals surface area contributed by atoms with E-state index in [0.717, 1.165) is 18.8 Å². The molecular formula is C12H19N3O2S. The van der Waals surface area contributed by atoms with Crippen LogP contribution in [-0.4, -0.2) is 33.6 Å². The van der Waals surface area contributed by atoms with E-state index in [1.54, 1.807) is 12.1 Å². The van der Waals surface area contributed by atoms with E-state index in [1.807, 2.05) is 12.1 Å². The molecular weight excluding hydrogens is 250 g/mol. The Morgan fingerprint density at radius 3 is 2.44 bits per heavy atom. The molecule has 2 unspecified atom stereocenters. The van der Waals surface area contributed by atoms with Gasteiger partial charge in [0.15, 0.2) is 0 Å². The smallest absolute Gasteiger partial charge is 0.238 e. The lowest BCUT2D eigenvalue weighted by Crippen LogP contribution is -2.54. The Morgan fingerprint density at radius 2 is 1.89 bits per heavy atom. The van der Waals surface area contributed by atoms with Gasteiger partial charge in [-0.2, -0.15) is 0 Å². The van der Waals surface area contributed by atoms with E-state index in [0.29, 0.717) is 12.1 Å². The van der Waals surface area contributed by atoms with Crippen molar-refractivity contribution in [2.24, 2.45) is 5.14 Å². The first-order valence-electron chi connectivity index (χ1n) is 6.01. The summed E-state index contributed by atoms with van der Waals surface area (Å²) in [5.41, 5.74) is 1.03. The first kappa shape index (κ1) is 13.3. The molecule has 2 atom stereocenters. The minimum atomic E-state index is -3.61. The fraction of sp³-hybridized carbons (Fsp3) is 0.500. The van der Waals surface area contributed by atoms with Crippen LogP contribution in [0.1, 0.15) is 13.8 Å². The van der Waals surface area contributed by atoms with E-state index in [9.17, 15) is 8.42 Å². The second-order valence-electron chi connectivity index (χ2n) is 4.85. The van der Waals surface area contributed by atoms with Crippen molar-refractivity contribution in [3.63, 3.8) is 0 Å². The normalized spacial score (nSPS) is 25.2. The highest BCUT2D eigenvalue weighted by molar-refractivity contribution is 7.89. The van der Waals surface area contributed by atoms with Gasteiger partial charge in [0.2, 0.25) is 10.0 Å². The number of sulfonamides is 1. The molecule has 1 heterocycles. The van der Waals surface area contributed by atoms with Crippen molar-refractivity contribution in [2.75, 3.05) is 18.0 Å². The molecule has 6 heteroatoms. The molecule has 1 aliphatic rings. The summed E-state index contributed by atoms with van der Waals surface area (Å²) in [5.74, 6) is 0. The Bertz CT molecular complexity index is 513. The van der Waals surface area contributed by atoms with Gasteiger partial charge in [0.1, 0.15) is 0 Å². The average molecular weight is 269 g/mol. The molecule has 1 saturated heterocycles. The number of hydrogen-bond acceptors (Lipinski definition) is 4. The Hall–Kier alpha value is -1.11. The van der Waals surface area contributed by atoms with Gasteiger partial charge in [0.25, 0.3) is 0 Å². The molecule has 5 nitrogen and oxygen atoms in total. The lowest BCUT2D eigenvalue weighted by Gasteiger charge is -2.39. The highest BCUT2D eigenvalue weighted by Crippen LogP contribution is 2.21. The van der Waals surface area contributed by atoms with Crippen molar-refractivity contribution in [1.29, 1.82) is 0 Å². The van der Waals surface area contributed by atoms with E-state index in [-0.39, 0.29) is 4.90 Å². The van der Waals surface area contributed by atoms with E-state index >= 15 is 0 Å². The van der Waals surface area contributed by atoms with Crippen LogP contribution in [0.2, 0.25) is 0 Å². The van der Waals surface area contributed by atoms with Crippen molar-refractivity contribution >= 4 is 15.7 Å². The second kappa shape index (κ2) is 4.87. The minimum absolute atomic E-state index is 0.155. The molecule has 1 aromatic carbocycles. The third-order valence-corrected chi connectivity index (χ3v) is 4.19. The molecule has 1 aliphatic heterocycles. The van der Waals surface area contributed by atoms with Gasteiger partial charge in [-0.1, -0.05) is 0 Å². The molecule has 0 aromatic heterocycles. The number of rotatable bonds is 2. The third-order valence-electron chi connectivity index (χ3n) is 3.26. The summed E-state index contributed by atoms with van der Waals surface area (Å²) in [4.78, 5) is 2.43. The molecule has 0 spiro atoms. The summed E-state index contributed by atoms with van der Waals surface area (Å²) in [6.45, 7) is 6.12. The number of primary sulfonamides is 1. The summed E-state index contributed by atoms with van der Waals surface area (Å²) in [6, 6.07) is 7.57. The van der Waals surface area contributed by atoms with Gasteiger partial charge in [-0.25, -0.2) is 13.6 Å². The van der Waals surface area contributed by atoms with Crippen molar-refractivity contribution < 1.29 is 8.42 Å². The third kappa shape index (κ3) is 2.82. The zero-order valence-electron chi connectivity index (χ0n) is 10.6. The molecule has 18 heavy (non-hydrogen) atoms. The maximum absolute atomic E-state index is 11.2. The second-order valence-corrected chi connectivity index (χ2v) is 6.41. The lowest BCUT2D eigenvalue weighted by molar-refractivity contribution is 0.425. The standard InChI is InChI=1S/C12H19N3O2S/c1-9-8-15(10(2)7-14-9)11-3-5-12(6-4-11)18(13,16)17/h3-6,9-10,14H,7-8H2,1-2H3,(H2,13,16,17). The number of piperazine rings is 1. The van der Waals surface area contributed by atoms with Gasteiger partial charge in [0.05, 0.1) is 4.90 Å². The van der Waals surface area contributed by atoms with E-state index < -0.39 is 10.0 Å². The van der Waals surface area contributed by atoms with Crippen LogP contribution in [0.4, 0.5) is 5.69 Å². The van der Waals surface area contributed by atoms with Gasteiger partial charge in [-0.15, -0.1) is 0 Å².